The average Bonchev–Trinajstić information content (AvgIpc) is 2.49. The number of methoxy groups -OCH3 is 1. The fourth-order valence-electron chi connectivity index (χ4n) is 2.05. The summed E-state index contributed by atoms with van der Waals surface area (Å²) in [6, 6.07) is 9.55. The molecule has 2 rings (SSSR count). The van der Waals surface area contributed by atoms with Crippen LogP contribution in [-0.4, -0.2) is 21.4 Å². The van der Waals surface area contributed by atoms with E-state index in [4.69, 9.17) is 4.74 Å². The van der Waals surface area contributed by atoms with Gasteiger partial charge in [-0.15, -0.1) is 0 Å². The third-order valence-electron chi connectivity index (χ3n) is 3.16. The van der Waals surface area contributed by atoms with Crippen LogP contribution in [0, 0.1) is 6.92 Å². The van der Waals surface area contributed by atoms with E-state index in [1.165, 1.54) is 32.2 Å². The number of nitrogens with one attached hydrogen (secondary N) is 2. The Morgan fingerprint density at radius 1 is 1.12 bits per heavy atom. The van der Waals surface area contributed by atoms with Crippen LogP contribution in [0.25, 0.3) is 0 Å². The molecule has 0 aliphatic carbocycles. The minimum Gasteiger partial charge on any atom is -0.495 e. The van der Waals surface area contributed by atoms with Gasteiger partial charge >= 0.3 is 0 Å². The van der Waals surface area contributed by atoms with E-state index in [1.807, 2.05) is 13.0 Å². The van der Waals surface area contributed by atoms with Crippen LogP contribution in [0.2, 0.25) is 0 Å². The number of ether oxygens (including phenoxy) is 1. The fourth-order valence-corrected chi connectivity index (χ4v) is 3.88. The van der Waals surface area contributed by atoms with Gasteiger partial charge in [0.25, 0.3) is 10.0 Å². The molecule has 0 heterocycles. The number of aryl methyl sites for hydroxylation is 1. The molecule has 0 aliphatic heterocycles. The van der Waals surface area contributed by atoms with Gasteiger partial charge in [-0.2, -0.15) is 0 Å². The van der Waals surface area contributed by atoms with Gasteiger partial charge in [-0.05, 0) is 58.7 Å². The number of hydrogen-bond donors (Lipinski definition) is 2. The molecule has 0 saturated heterocycles. The zero-order valence-corrected chi connectivity index (χ0v) is 15.8. The first kappa shape index (κ1) is 18.3. The van der Waals surface area contributed by atoms with Crippen molar-refractivity contribution in [3.8, 4) is 5.75 Å². The summed E-state index contributed by atoms with van der Waals surface area (Å²) in [7, 11) is -2.38. The van der Waals surface area contributed by atoms with Crippen LogP contribution in [0.4, 0.5) is 11.4 Å². The second-order valence-electron chi connectivity index (χ2n) is 5.13. The number of hydrogen-bond acceptors (Lipinski definition) is 4. The summed E-state index contributed by atoms with van der Waals surface area (Å²) >= 11 is 3.34. The van der Waals surface area contributed by atoms with E-state index in [9.17, 15) is 13.2 Å². The minimum absolute atomic E-state index is 0.0134. The summed E-state index contributed by atoms with van der Waals surface area (Å²) in [4.78, 5) is 11.3. The van der Waals surface area contributed by atoms with Crippen molar-refractivity contribution in [2.24, 2.45) is 0 Å². The first-order valence-corrected chi connectivity index (χ1v) is 9.25. The molecule has 0 aromatic heterocycles. The standard InChI is InChI=1S/C16H17BrN2O4S/c1-10-4-6-14(13(17)8-10)19-24(21,22)12-5-7-16(23-3)15(9-12)18-11(2)20/h4-9,19H,1-3H3,(H,18,20). The van der Waals surface area contributed by atoms with Gasteiger partial charge in [-0.1, -0.05) is 6.07 Å². The van der Waals surface area contributed by atoms with Crippen molar-refractivity contribution in [2.45, 2.75) is 18.7 Å². The Balaban J connectivity index is 2.40. The number of anilines is 2. The van der Waals surface area contributed by atoms with Crippen LogP contribution in [0.5, 0.6) is 5.75 Å². The lowest BCUT2D eigenvalue weighted by molar-refractivity contribution is -0.114. The molecule has 2 aromatic carbocycles. The van der Waals surface area contributed by atoms with E-state index in [2.05, 4.69) is 26.0 Å². The van der Waals surface area contributed by atoms with Crippen molar-refractivity contribution >= 4 is 43.2 Å². The number of carbonyl (C=O) groups is 1. The van der Waals surface area contributed by atoms with Gasteiger partial charge in [0, 0.05) is 11.4 Å². The largest absolute Gasteiger partial charge is 0.495 e. The lowest BCUT2D eigenvalue weighted by Gasteiger charge is -2.13. The van der Waals surface area contributed by atoms with Crippen LogP contribution >= 0.6 is 15.9 Å². The van der Waals surface area contributed by atoms with Crippen molar-refractivity contribution in [1.29, 1.82) is 0 Å². The summed E-state index contributed by atoms with van der Waals surface area (Å²) in [5.74, 6) is 0.0535. The third kappa shape index (κ3) is 4.27. The molecule has 1 amide bonds. The highest BCUT2D eigenvalue weighted by molar-refractivity contribution is 9.10. The first-order valence-electron chi connectivity index (χ1n) is 6.97. The highest BCUT2D eigenvalue weighted by Crippen LogP contribution is 2.30. The summed E-state index contributed by atoms with van der Waals surface area (Å²) in [5.41, 5.74) is 1.72. The molecule has 24 heavy (non-hydrogen) atoms. The van der Waals surface area contributed by atoms with E-state index in [-0.39, 0.29) is 16.5 Å². The molecular weight excluding hydrogens is 396 g/mol. The summed E-state index contributed by atoms with van der Waals surface area (Å²) in [6.45, 7) is 3.24. The van der Waals surface area contributed by atoms with E-state index in [0.717, 1.165) is 5.56 Å². The maximum Gasteiger partial charge on any atom is 0.262 e. The van der Waals surface area contributed by atoms with Gasteiger partial charge in [0.2, 0.25) is 5.91 Å². The molecular formula is C16H17BrN2O4S. The fraction of sp³-hybridized carbons (Fsp3) is 0.188. The Hall–Kier alpha value is -2.06. The Morgan fingerprint density at radius 2 is 1.83 bits per heavy atom. The SMILES string of the molecule is COc1ccc(S(=O)(=O)Nc2ccc(C)cc2Br)cc1NC(C)=O. The average molecular weight is 413 g/mol. The number of carbonyl (C=O) groups excluding carboxylic acids is 1. The molecule has 128 valence electrons. The van der Waals surface area contributed by atoms with E-state index < -0.39 is 10.0 Å². The quantitative estimate of drug-likeness (QED) is 0.786. The van der Waals surface area contributed by atoms with Gasteiger partial charge in [-0.3, -0.25) is 9.52 Å². The van der Waals surface area contributed by atoms with Gasteiger partial charge in [-0.25, -0.2) is 8.42 Å². The van der Waals surface area contributed by atoms with Gasteiger partial charge in [0.15, 0.2) is 0 Å². The second-order valence-corrected chi connectivity index (χ2v) is 7.67. The molecule has 6 nitrogen and oxygen atoms in total. The van der Waals surface area contributed by atoms with Crippen molar-refractivity contribution in [3.63, 3.8) is 0 Å². The maximum absolute atomic E-state index is 12.6. The summed E-state index contributed by atoms with van der Waals surface area (Å²) in [6.07, 6.45) is 0. The number of sulfonamides is 1. The lowest BCUT2D eigenvalue weighted by Crippen LogP contribution is -2.14. The molecule has 2 aromatic rings. The molecule has 8 heteroatoms. The van der Waals surface area contributed by atoms with Crippen molar-refractivity contribution < 1.29 is 17.9 Å². The molecule has 0 atom stereocenters. The zero-order chi connectivity index (χ0) is 17.9. The minimum atomic E-state index is -3.82. The lowest BCUT2D eigenvalue weighted by atomic mass is 10.2. The van der Waals surface area contributed by atoms with E-state index >= 15 is 0 Å². The third-order valence-corrected chi connectivity index (χ3v) is 5.18. The van der Waals surface area contributed by atoms with Crippen molar-refractivity contribution in [2.75, 3.05) is 17.1 Å². The molecule has 0 fully saturated rings. The first-order chi connectivity index (χ1) is 11.2. The monoisotopic (exact) mass is 412 g/mol. The smallest absolute Gasteiger partial charge is 0.262 e. The Morgan fingerprint density at radius 3 is 2.42 bits per heavy atom. The molecule has 0 bridgehead atoms. The van der Waals surface area contributed by atoms with Crippen LogP contribution in [0.15, 0.2) is 45.8 Å². The van der Waals surface area contributed by atoms with Crippen LogP contribution < -0.4 is 14.8 Å². The summed E-state index contributed by atoms with van der Waals surface area (Å²) in [5, 5.41) is 2.55. The molecule has 0 saturated carbocycles. The van der Waals surface area contributed by atoms with Crippen molar-refractivity contribution in [3.05, 3.63) is 46.4 Å². The predicted octanol–water partition coefficient (Wildman–Crippen LogP) is 3.53. The number of halogens is 1. The van der Waals surface area contributed by atoms with Gasteiger partial charge in [0.05, 0.1) is 23.4 Å². The molecule has 0 aliphatic rings. The zero-order valence-electron chi connectivity index (χ0n) is 13.4. The van der Waals surface area contributed by atoms with Gasteiger partial charge in [0.1, 0.15) is 5.75 Å². The molecule has 0 spiro atoms. The van der Waals surface area contributed by atoms with E-state index in [1.54, 1.807) is 12.1 Å². The predicted molar refractivity (Wildman–Crippen MR) is 97.0 cm³/mol. The Kier molecular flexibility index (Phi) is 5.51. The molecule has 0 unspecified atom stereocenters. The highest BCUT2D eigenvalue weighted by Gasteiger charge is 2.18. The Bertz CT molecular complexity index is 882. The number of benzene rings is 2. The number of rotatable bonds is 5. The highest BCUT2D eigenvalue weighted by atomic mass is 79.9. The van der Waals surface area contributed by atoms with Crippen LogP contribution in [0.1, 0.15) is 12.5 Å². The molecule has 2 N–H and O–H groups in total. The second kappa shape index (κ2) is 7.23. The van der Waals surface area contributed by atoms with Gasteiger partial charge < -0.3 is 10.1 Å². The van der Waals surface area contributed by atoms with E-state index in [0.29, 0.717) is 15.9 Å². The number of amides is 1. The van der Waals surface area contributed by atoms with Crippen LogP contribution in [-0.2, 0) is 14.8 Å². The normalized spacial score (nSPS) is 11.0. The summed E-state index contributed by atoms with van der Waals surface area (Å²) < 4.78 is 33.5. The molecule has 0 radical (unpaired) electrons. The van der Waals surface area contributed by atoms with Crippen LogP contribution in [0.3, 0.4) is 0 Å². The topological polar surface area (TPSA) is 84.5 Å². The maximum atomic E-state index is 12.6. The van der Waals surface area contributed by atoms with Crippen molar-refractivity contribution in [1.82, 2.24) is 0 Å². The Labute approximate surface area is 149 Å².